The highest BCUT2D eigenvalue weighted by Gasteiger charge is 2.17. The van der Waals surface area contributed by atoms with Crippen molar-refractivity contribution in [1.82, 2.24) is 25.2 Å². The molecule has 0 atom stereocenters. The van der Waals surface area contributed by atoms with Gasteiger partial charge in [0.25, 0.3) is 5.91 Å². The first kappa shape index (κ1) is 22.2. The Morgan fingerprint density at radius 2 is 1.84 bits per heavy atom. The van der Waals surface area contributed by atoms with Crippen LogP contribution >= 0.6 is 39.3 Å². The average Bonchev–Trinajstić information content (AvgIpc) is 3.24. The highest BCUT2D eigenvalue weighted by Crippen LogP contribution is 2.28. The van der Waals surface area contributed by atoms with Gasteiger partial charge in [0.1, 0.15) is 0 Å². The summed E-state index contributed by atoms with van der Waals surface area (Å²) in [6.45, 7) is 0. The van der Waals surface area contributed by atoms with Crippen molar-refractivity contribution in [2.45, 2.75) is 5.16 Å². The number of hydrogen-bond acceptors (Lipinski definition) is 6. The van der Waals surface area contributed by atoms with Crippen LogP contribution in [0.5, 0.6) is 0 Å². The van der Waals surface area contributed by atoms with Gasteiger partial charge in [-0.3, -0.25) is 14.3 Å². The molecule has 0 saturated carbocycles. The lowest BCUT2D eigenvalue weighted by Gasteiger charge is -2.10. The number of amides is 1. The molecule has 2 aromatic heterocycles. The second kappa shape index (κ2) is 10.5. The first-order valence-electron chi connectivity index (χ1n) is 9.43. The lowest BCUT2D eigenvalue weighted by atomic mass is 10.2. The molecular weight excluding hydrogens is 512 g/mol. The number of nitrogens with one attached hydrogen (secondary N) is 1. The number of halogens is 2. The molecule has 1 N–H and O–H groups in total. The van der Waals surface area contributed by atoms with E-state index in [0.717, 1.165) is 21.3 Å². The Balaban J connectivity index is 1.51. The van der Waals surface area contributed by atoms with Gasteiger partial charge in [0.15, 0.2) is 11.0 Å². The van der Waals surface area contributed by atoms with Crippen molar-refractivity contribution in [3.63, 3.8) is 0 Å². The standard InChI is InChI=1S/C22H16BrClN6OS/c23-19-4-2-1-3-16(19)13-26-27-20(31)14-32-22-29-28-21(15-9-11-25-12-10-15)30(22)18-7-5-17(24)6-8-18/h1-13H,14H2,(H,27,31)/b26-13+. The summed E-state index contributed by atoms with van der Waals surface area (Å²) < 4.78 is 2.78. The molecule has 2 aromatic carbocycles. The zero-order chi connectivity index (χ0) is 22.3. The molecule has 10 heteroatoms. The predicted molar refractivity (Wildman–Crippen MR) is 130 cm³/mol. The maximum Gasteiger partial charge on any atom is 0.250 e. The van der Waals surface area contributed by atoms with Crippen LogP contribution in [0.25, 0.3) is 17.1 Å². The fourth-order valence-electron chi connectivity index (χ4n) is 2.79. The quantitative estimate of drug-likeness (QED) is 0.208. The molecule has 7 nitrogen and oxygen atoms in total. The molecule has 160 valence electrons. The van der Waals surface area contributed by atoms with E-state index in [1.54, 1.807) is 30.7 Å². The molecule has 0 saturated heterocycles. The lowest BCUT2D eigenvalue weighted by Crippen LogP contribution is -2.20. The van der Waals surface area contributed by atoms with E-state index < -0.39 is 0 Å². The zero-order valence-corrected chi connectivity index (χ0v) is 19.7. The average molecular weight is 528 g/mol. The van der Waals surface area contributed by atoms with Crippen LogP contribution in [-0.4, -0.2) is 37.6 Å². The molecule has 0 unspecified atom stereocenters. The minimum Gasteiger partial charge on any atom is -0.272 e. The minimum absolute atomic E-state index is 0.120. The van der Waals surface area contributed by atoms with Crippen LogP contribution in [0.2, 0.25) is 5.02 Å². The summed E-state index contributed by atoms with van der Waals surface area (Å²) in [5, 5.41) is 13.9. The molecule has 0 bridgehead atoms. The minimum atomic E-state index is -0.255. The highest BCUT2D eigenvalue weighted by molar-refractivity contribution is 9.10. The summed E-state index contributed by atoms with van der Waals surface area (Å²) >= 11 is 10.8. The van der Waals surface area contributed by atoms with Crippen molar-refractivity contribution in [2.24, 2.45) is 5.10 Å². The molecule has 4 aromatic rings. The first-order chi connectivity index (χ1) is 15.6. The maximum absolute atomic E-state index is 12.3. The molecule has 0 aliphatic heterocycles. The van der Waals surface area contributed by atoms with Gasteiger partial charge in [0, 0.05) is 38.7 Å². The highest BCUT2D eigenvalue weighted by atomic mass is 79.9. The van der Waals surface area contributed by atoms with E-state index in [4.69, 9.17) is 11.6 Å². The van der Waals surface area contributed by atoms with E-state index >= 15 is 0 Å². The van der Waals surface area contributed by atoms with Gasteiger partial charge >= 0.3 is 0 Å². The Morgan fingerprint density at radius 1 is 1.09 bits per heavy atom. The van der Waals surface area contributed by atoms with Gasteiger partial charge in [-0.05, 0) is 42.5 Å². The summed E-state index contributed by atoms with van der Waals surface area (Å²) in [6, 6.07) is 18.7. The number of nitrogens with zero attached hydrogens (tertiary/aromatic N) is 5. The van der Waals surface area contributed by atoms with Gasteiger partial charge in [0.2, 0.25) is 0 Å². The summed E-state index contributed by atoms with van der Waals surface area (Å²) in [4.78, 5) is 16.4. The summed E-state index contributed by atoms with van der Waals surface area (Å²) in [5.74, 6) is 0.508. The van der Waals surface area contributed by atoms with E-state index in [1.165, 1.54) is 11.8 Å². The number of benzene rings is 2. The van der Waals surface area contributed by atoms with Crippen molar-refractivity contribution >= 4 is 51.4 Å². The Morgan fingerprint density at radius 3 is 2.59 bits per heavy atom. The normalized spacial score (nSPS) is 11.1. The van der Waals surface area contributed by atoms with E-state index in [9.17, 15) is 4.79 Å². The second-order valence-electron chi connectivity index (χ2n) is 6.46. The molecule has 0 fully saturated rings. The monoisotopic (exact) mass is 526 g/mol. The van der Waals surface area contributed by atoms with E-state index in [2.05, 4.69) is 41.6 Å². The first-order valence-corrected chi connectivity index (χ1v) is 11.6. The number of aromatic nitrogens is 4. The third-order valence-electron chi connectivity index (χ3n) is 4.29. The van der Waals surface area contributed by atoms with Crippen LogP contribution in [0.15, 0.2) is 87.8 Å². The molecule has 0 spiro atoms. The van der Waals surface area contributed by atoms with Crippen LogP contribution in [0.1, 0.15) is 5.56 Å². The number of hydrogen-bond donors (Lipinski definition) is 1. The second-order valence-corrected chi connectivity index (χ2v) is 8.69. The summed E-state index contributed by atoms with van der Waals surface area (Å²) in [7, 11) is 0. The fourth-order valence-corrected chi connectivity index (χ4v) is 4.05. The van der Waals surface area contributed by atoms with Crippen molar-refractivity contribution < 1.29 is 4.79 Å². The molecule has 0 aliphatic rings. The zero-order valence-electron chi connectivity index (χ0n) is 16.5. The van der Waals surface area contributed by atoms with Gasteiger partial charge < -0.3 is 0 Å². The van der Waals surface area contributed by atoms with Crippen LogP contribution in [-0.2, 0) is 4.79 Å². The molecule has 1 amide bonds. The van der Waals surface area contributed by atoms with Crippen molar-refractivity contribution in [3.8, 4) is 17.1 Å². The number of carbonyl (C=O) groups excluding carboxylic acids is 1. The van der Waals surface area contributed by atoms with Gasteiger partial charge in [-0.1, -0.05) is 57.5 Å². The number of carbonyl (C=O) groups is 1. The third kappa shape index (κ3) is 5.42. The lowest BCUT2D eigenvalue weighted by molar-refractivity contribution is -0.118. The molecule has 0 aliphatic carbocycles. The van der Waals surface area contributed by atoms with Gasteiger partial charge in [-0.2, -0.15) is 5.10 Å². The predicted octanol–water partition coefficient (Wildman–Crippen LogP) is 4.99. The summed E-state index contributed by atoms with van der Waals surface area (Å²) in [6.07, 6.45) is 4.98. The molecule has 0 radical (unpaired) electrons. The van der Waals surface area contributed by atoms with E-state index in [-0.39, 0.29) is 11.7 Å². The SMILES string of the molecule is O=C(CSc1nnc(-c2ccncc2)n1-c1ccc(Cl)cc1)N/N=C/c1ccccc1Br. The van der Waals surface area contributed by atoms with Crippen LogP contribution in [0, 0.1) is 0 Å². The third-order valence-corrected chi connectivity index (χ3v) is 6.19. The van der Waals surface area contributed by atoms with E-state index in [0.29, 0.717) is 16.0 Å². The van der Waals surface area contributed by atoms with Gasteiger partial charge in [0.05, 0.1) is 12.0 Å². The maximum atomic E-state index is 12.3. The van der Waals surface area contributed by atoms with Crippen LogP contribution < -0.4 is 5.43 Å². The number of thioether (sulfide) groups is 1. The van der Waals surface area contributed by atoms with Crippen molar-refractivity contribution in [2.75, 3.05) is 5.75 Å². The van der Waals surface area contributed by atoms with Crippen LogP contribution in [0.3, 0.4) is 0 Å². The van der Waals surface area contributed by atoms with E-state index in [1.807, 2.05) is 53.1 Å². The molecule has 32 heavy (non-hydrogen) atoms. The molecule has 2 heterocycles. The van der Waals surface area contributed by atoms with Crippen molar-refractivity contribution in [3.05, 3.63) is 88.1 Å². The fraction of sp³-hybridized carbons (Fsp3) is 0.0455. The number of pyridine rings is 1. The Labute approximate surface area is 202 Å². The van der Waals surface area contributed by atoms with Gasteiger partial charge in [-0.15, -0.1) is 10.2 Å². The molecular formula is C22H16BrClN6OS. The number of hydrazone groups is 1. The molecule has 4 rings (SSSR count). The Hall–Kier alpha value is -3.01. The largest absolute Gasteiger partial charge is 0.272 e. The summed E-state index contributed by atoms with van der Waals surface area (Å²) in [5.41, 5.74) is 5.10. The Bertz CT molecular complexity index is 1250. The topological polar surface area (TPSA) is 85.1 Å². The Kier molecular flexibility index (Phi) is 7.31. The number of rotatable bonds is 7. The van der Waals surface area contributed by atoms with Gasteiger partial charge in [-0.25, -0.2) is 5.43 Å². The van der Waals surface area contributed by atoms with Crippen LogP contribution in [0.4, 0.5) is 0 Å². The smallest absolute Gasteiger partial charge is 0.250 e. The van der Waals surface area contributed by atoms with Crippen molar-refractivity contribution in [1.29, 1.82) is 0 Å².